The van der Waals surface area contributed by atoms with Gasteiger partial charge in [-0.05, 0) is 11.6 Å². The monoisotopic (exact) mass is 246 g/mol. The van der Waals surface area contributed by atoms with E-state index in [0.29, 0.717) is 0 Å². The van der Waals surface area contributed by atoms with E-state index in [4.69, 9.17) is 5.11 Å². The van der Waals surface area contributed by atoms with Gasteiger partial charge in [0, 0.05) is 0 Å². The number of aliphatic carboxylic acids is 1. The van der Waals surface area contributed by atoms with E-state index in [9.17, 15) is 31.1 Å². The van der Waals surface area contributed by atoms with E-state index in [1.165, 1.54) is 0 Å². The van der Waals surface area contributed by atoms with Crippen LogP contribution in [0.5, 0.6) is 0 Å². The van der Waals surface area contributed by atoms with E-state index in [-0.39, 0.29) is 0 Å². The largest absolute Gasteiger partial charge is 0.477 e. The third-order valence-electron chi connectivity index (χ3n) is 0.878. The van der Waals surface area contributed by atoms with Crippen molar-refractivity contribution in [2.45, 2.75) is 17.6 Å². The van der Waals surface area contributed by atoms with E-state index in [0.717, 1.165) is 0 Å². The Kier molecular flexibility index (Phi) is 3.29. The number of alkyl halides is 7. The first kappa shape index (κ1) is 13.3. The summed E-state index contributed by atoms with van der Waals surface area (Å²) < 4.78 is 73.3. The van der Waals surface area contributed by atoms with Gasteiger partial charge in [0.25, 0.3) is 0 Å². The molecule has 0 radical (unpaired) electrons. The van der Waals surface area contributed by atoms with Crippen LogP contribution in [0.25, 0.3) is 0 Å². The molecular formula is C4HClF6O3. The zero-order valence-corrected chi connectivity index (χ0v) is 6.67. The second-order valence-corrected chi connectivity index (χ2v) is 2.38. The number of halogens is 7. The van der Waals surface area contributed by atoms with Gasteiger partial charge in [0.1, 0.15) is 0 Å². The highest BCUT2D eigenvalue weighted by Gasteiger charge is 2.67. The Morgan fingerprint density at radius 1 is 1.14 bits per heavy atom. The van der Waals surface area contributed by atoms with Crippen molar-refractivity contribution in [2.24, 2.45) is 0 Å². The Morgan fingerprint density at radius 2 is 1.50 bits per heavy atom. The van der Waals surface area contributed by atoms with Gasteiger partial charge in [0.15, 0.2) is 0 Å². The van der Waals surface area contributed by atoms with Crippen LogP contribution in [0.4, 0.5) is 26.3 Å². The molecule has 10 heteroatoms. The van der Waals surface area contributed by atoms with Gasteiger partial charge in [-0.1, -0.05) is 0 Å². The molecule has 0 atom stereocenters. The summed E-state index contributed by atoms with van der Waals surface area (Å²) in [7, 11) is 0. The molecule has 14 heavy (non-hydrogen) atoms. The van der Waals surface area contributed by atoms with E-state index < -0.39 is 23.6 Å². The van der Waals surface area contributed by atoms with Crippen molar-refractivity contribution in [2.75, 3.05) is 0 Å². The lowest BCUT2D eigenvalue weighted by Gasteiger charge is -2.23. The number of hydrogen-bond acceptors (Lipinski definition) is 2. The van der Waals surface area contributed by atoms with Crippen molar-refractivity contribution in [3.63, 3.8) is 0 Å². The minimum Gasteiger partial charge on any atom is -0.477 e. The second-order valence-electron chi connectivity index (χ2n) is 1.94. The van der Waals surface area contributed by atoms with Crippen LogP contribution in [0.15, 0.2) is 0 Å². The van der Waals surface area contributed by atoms with Gasteiger partial charge in [-0.2, -0.15) is 26.3 Å². The smallest absolute Gasteiger partial charge is 0.445 e. The first-order valence-corrected chi connectivity index (χ1v) is 3.04. The molecule has 0 bridgehead atoms. The van der Waals surface area contributed by atoms with E-state index in [1.54, 1.807) is 0 Å². The molecule has 0 heterocycles. The average Bonchev–Trinajstić information content (AvgIpc) is 1.80. The van der Waals surface area contributed by atoms with E-state index in [1.807, 2.05) is 0 Å². The second kappa shape index (κ2) is 3.46. The lowest BCUT2D eigenvalue weighted by molar-refractivity contribution is -0.398. The standard InChI is InChI=1S/C4HClF6O3/c5-4(10,11)14-3(8,9)2(6,7)1(12)13/h(H,12,13). The van der Waals surface area contributed by atoms with Gasteiger partial charge in [-0.3, -0.25) is 0 Å². The predicted octanol–water partition coefficient (Wildman–Crippen LogP) is 2.10. The Labute approximate surface area is 77.2 Å². The summed E-state index contributed by atoms with van der Waals surface area (Å²) in [6.45, 7) is 0. The van der Waals surface area contributed by atoms with Crippen molar-refractivity contribution in [3.05, 3.63) is 0 Å². The normalized spacial score (nSPS) is 14.2. The third kappa shape index (κ3) is 2.91. The Morgan fingerprint density at radius 3 is 1.71 bits per heavy atom. The molecule has 0 saturated heterocycles. The first-order chi connectivity index (χ1) is 5.90. The van der Waals surface area contributed by atoms with Crippen molar-refractivity contribution in [1.82, 2.24) is 0 Å². The topological polar surface area (TPSA) is 46.5 Å². The molecule has 0 aliphatic carbocycles. The fourth-order valence-electron chi connectivity index (χ4n) is 0.334. The molecular weight excluding hydrogens is 245 g/mol. The molecule has 0 aliphatic rings. The zero-order valence-electron chi connectivity index (χ0n) is 5.91. The summed E-state index contributed by atoms with van der Waals surface area (Å²) in [6.07, 6.45) is -5.91. The number of rotatable bonds is 4. The van der Waals surface area contributed by atoms with Crippen LogP contribution in [0.2, 0.25) is 0 Å². The fraction of sp³-hybridized carbons (Fsp3) is 0.750. The molecule has 0 fully saturated rings. The number of ether oxygens (including phenoxy) is 1. The number of carbonyl (C=O) groups is 1. The number of carboxylic acid groups (broad SMARTS) is 1. The molecule has 0 saturated carbocycles. The Hall–Kier alpha value is -0.700. The maximum absolute atomic E-state index is 12.0. The highest BCUT2D eigenvalue weighted by molar-refractivity contribution is 6.20. The molecule has 0 aromatic heterocycles. The maximum Gasteiger partial charge on any atom is 0.445 e. The summed E-state index contributed by atoms with van der Waals surface area (Å²) in [4.78, 5) is 9.56. The predicted molar refractivity (Wildman–Crippen MR) is 29.4 cm³/mol. The number of hydrogen-bond donors (Lipinski definition) is 1. The van der Waals surface area contributed by atoms with Crippen LogP contribution in [0.3, 0.4) is 0 Å². The van der Waals surface area contributed by atoms with Gasteiger partial charge >= 0.3 is 23.6 Å². The summed E-state index contributed by atoms with van der Waals surface area (Å²) in [5.41, 5.74) is -5.09. The molecule has 1 N–H and O–H groups in total. The molecule has 0 aromatic rings. The Balaban J connectivity index is 4.87. The van der Waals surface area contributed by atoms with Crippen molar-refractivity contribution in [3.8, 4) is 0 Å². The summed E-state index contributed by atoms with van der Waals surface area (Å²) in [6, 6.07) is 0. The van der Waals surface area contributed by atoms with Crippen LogP contribution in [0.1, 0.15) is 0 Å². The summed E-state index contributed by atoms with van der Waals surface area (Å²) in [5.74, 6) is -9.12. The van der Waals surface area contributed by atoms with Crippen LogP contribution < -0.4 is 0 Å². The molecule has 0 rings (SSSR count). The average molecular weight is 246 g/mol. The molecule has 3 nitrogen and oxygen atoms in total. The van der Waals surface area contributed by atoms with Crippen LogP contribution >= 0.6 is 11.6 Å². The molecule has 0 aliphatic heterocycles. The zero-order chi connectivity index (χ0) is 11.8. The van der Waals surface area contributed by atoms with Crippen molar-refractivity contribution < 1.29 is 41.0 Å². The van der Waals surface area contributed by atoms with Crippen molar-refractivity contribution >= 4 is 17.6 Å². The van der Waals surface area contributed by atoms with Gasteiger partial charge < -0.3 is 5.11 Å². The van der Waals surface area contributed by atoms with Gasteiger partial charge in [0.05, 0.1) is 0 Å². The SMILES string of the molecule is O=C(O)C(F)(F)C(F)(F)OC(F)(F)Cl. The maximum atomic E-state index is 12.0. The molecule has 0 unspecified atom stereocenters. The van der Waals surface area contributed by atoms with Crippen LogP contribution in [-0.4, -0.2) is 28.7 Å². The molecule has 84 valence electrons. The summed E-state index contributed by atoms with van der Waals surface area (Å²) >= 11 is 3.77. The third-order valence-corrected chi connectivity index (χ3v) is 0.955. The minimum absolute atomic E-state index is 2.12. The Bertz CT molecular complexity index is 236. The quantitative estimate of drug-likeness (QED) is 0.610. The van der Waals surface area contributed by atoms with Gasteiger partial charge in [-0.25, -0.2) is 9.53 Å². The molecule has 0 amide bonds. The lowest BCUT2D eigenvalue weighted by Crippen LogP contribution is -2.51. The van der Waals surface area contributed by atoms with E-state index >= 15 is 0 Å². The van der Waals surface area contributed by atoms with Crippen LogP contribution in [0, 0.1) is 0 Å². The fourth-order valence-corrected chi connectivity index (χ4v) is 0.431. The molecule has 0 spiro atoms. The van der Waals surface area contributed by atoms with Crippen molar-refractivity contribution in [1.29, 1.82) is 0 Å². The van der Waals surface area contributed by atoms with E-state index in [2.05, 4.69) is 16.3 Å². The van der Waals surface area contributed by atoms with Crippen LogP contribution in [-0.2, 0) is 9.53 Å². The lowest BCUT2D eigenvalue weighted by atomic mass is 10.3. The first-order valence-electron chi connectivity index (χ1n) is 2.66. The minimum atomic E-state index is -5.91. The van der Waals surface area contributed by atoms with Gasteiger partial charge in [-0.15, -0.1) is 0 Å². The highest BCUT2D eigenvalue weighted by Crippen LogP contribution is 2.40. The molecule has 0 aromatic carbocycles. The summed E-state index contributed by atoms with van der Waals surface area (Å²) in [5, 5.41) is 7.58. The highest BCUT2D eigenvalue weighted by atomic mass is 35.5. The van der Waals surface area contributed by atoms with Gasteiger partial charge in [0.2, 0.25) is 0 Å². The number of carboxylic acids is 1.